The third-order valence-corrected chi connectivity index (χ3v) is 6.79. The maximum atomic E-state index is 11.0. The van der Waals surface area contributed by atoms with Crippen molar-refractivity contribution in [2.24, 2.45) is 4.99 Å². The molecule has 1 amide bonds. The number of likely N-dealkylation sites (tertiary alicyclic amines) is 1. The number of halogens is 1. The first kappa shape index (κ1) is 23.2. The van der Waals surface area contributed by atoms with Gasteiger partial charge in [0, 0.05) is 24.0 Å². The second-order valence-corrected chi connectivity index (χ2v) is 9.51. The number of fused-ring (bicyclic) bond motifs is 2. The third-order valence-electron chi connectivity index (χ3n) is 6.50. The Morgan fingerprint density at radius 1 is 1.05 bits per heavy atom. The molecule has 2 unspecified atom stereocenters. The summed E-state index contributed by atoms with van der Waals surface area (Å²) in [6.07, 6.45) is 2.91. The number of carbonyl (C=O) groups is 1. The van der Waals surface area contributed by atoms with Crippen molar-refractivity contribution in [3.8, 4) is 5.75 Å². The van der Waals surface area contributed by atoms with Crippen molar-refractivity contribution in [2.75, 3.05) is 18.4 Å². The number of hydrogen-bond donors (Lipinski definition) is 1. The second kappa shape index (κ2) is 10.1. The van der Waals surface area contributed by atoms with Crippen LogP contribution in [-0.2, 0) is 22.6 Å². The number of hydrogen-bond acceptors (Lipinski definition) is 7. The molecule has 4 aromatic rings. The molecule has 0 saturated carbocycles. The summed E-state index contributed by atoms with van der Waals surface area (Å²) in [7, 11) is 0. The summed E-state index contributed by atoms with van der Waals surface area (Å²) in [6.45, 7) is 1.63. The molecule has 1 saturated heterocycles. The Hall–Kier alpha value is -4.17. The van der Waals surface area contributed by atoms with E-state index in [-0.39, 0.29) is 12.1 Å². The van der Waals surface area contributed by atoms with Gasteiger partial charge >= 0.3 is 0 Å². The average molecular weight is 514 g/mol. The van der Waals surface area contributed by atoms with Crippen molar-refractivity contribution in [1.29, 1.82) is 0 Å². The number of ether oxygens (including phenoxy) is 2. The molecule has 0 aliphatic carbocycles. The molecule has 0 spiro atoms. The Kier molecular flexibility index (Phi) is 6.32. The van der Waals surface area contributed by atoms with Crippen LogP contribution in [0.4, 0.5) is 11.5 Å². The first-order chi connectivity index (χ1) is 18.1. The van der Waals surface area contributed by atoms with Gasteiger partial charge in [-0.25, -0.2) is 15.0 Å². The lowest BCUT2D eigenvalue weighted by molar-refractivity contribution is -0.117. The van der Waals surface area contributed by atoms with Gasteiger partial charge in [0.05, 0.1) is 17.1 Å². The van der Waals surface area contributed by atoms with E-state index in [1.807, 2.05) is 66.7 Å². The summed E-state index contributed by atoms with van der Waals surface area (Å²) in [6, 6.07) is 21.6. The lowest BCUT2D eigenvalue weighted by Crippen LogP contribution is -2.23. The van der Waals surface area contributed by atoms with Gasteiger partial charge in [0.15, 0.2) is 5.90 Å². The molecule has 6 rings (SSSR count). The SMILES string of the molecule is O=CN1CC2N=C(Cc3ccc4ncnc(Nc5ccc(OCc6ccccc6)c(Cl)c5)c4c3)OC2C1. The Labute approximate surface area is 218 Å². The zero-order valence-electron chi connectivity index (χ0n) is 19.9. The van der Waals surface area contributed by atoms with Crippen LogP contribution in [0.15, 0.2) is 78.0 Å². The highest BCUT2D eigenvalue weighted by molar-refractivity contribution is 6.32. The van der Waals surface area contributed by atoms with Crippen molar-refractivity contribution in [1.82, 2.24) is 14.9 Å². The van der Waals surface area contributed by atoms with Crippen molar-refractivity contribution in [3.05, 3.63) is 89.2 Å². The van der Waals surface area contributed by atoms with Crippen LogP contribution in [0.1, 0.15) is 11.1 Å². The van der Waals surface area contributed by atoms with Gasteiger partial charge in [0.1, 0.15) is 36.6 Å². The van der Waals surface area contributed by atoms with E-state index in [2.05, 4.69) is 20.3 Å². The lowest BCUT2D eigenvalue weighted by Gasteiger charge is -2.13. The van der Waals surface area contributed by atoms with E-state index in [4.69, 9.17) is 21.1 Å². The summed E-state index contributed by atoms with van der Waals surface area (Å²) in [5.41, 5.74) is 3.73. The fraction of sp³-hybridized carbons (Fsp3) is 0.214. The molecular formula is C28H24ClN5O3. The molecule has 0 radical (unpaired) electrons. The molecule has 1 N–H and O–H groups in total. The zero-order chi connectivity index (χ0) is 25.2. The van der Waals surface area contributed by atoms with Crippen LogP contribution < -0.4 is 10.1 Å². The Balaban J connectivity index is 1.17. The molecule has 186 valence electrons. The molecule has 9 heteroatoms. The highest BCUT2D eigenvalue weighted by Gasteiger charge is 2.38. The molecule has 37 heavy (non-hydrogen) atoms. The molecule has 0 bridgehead atoms. The van der Waals surface area contributed by atoms with Crippen LogP contribution in [0.25, 0.3) is 10.9 Å². The predicted molar refractivity (Wildman–Crippen MR) is 142 cm³/mol. The lowest BCUT2D eigenvalue weighted by atomic mass is 10.1. The van der Waals surface area contributed by atoms with E-state index < -0.39 is 0 Å². The molecule has 2 atom stereocenters. The molecule has 1 aromatic heterocycles. The largest absolute Gasteiger partial charge is 0.487 e. The predicted octanol–water partition coefficient (Wildman–Crippen LogP) is 4.79. The molecule has 3 heterocycles. The number of amides is 1. The van der Waals surface area contributed by atoms with E-state index in [1.54, 1.807) is 4.90 Å². The van der Waals surface area contributed by atoms with Gasteiger partial charge in [-0.15, -0.1) is 0 Å². The van der Waals surface area contributed by atoms with Crippen molar-refractivity contribution < 1.29 is 14.3 Å². The second-order valence-electron chi connectivity index (χ2n) is 9.10. The van der Waals surface area contributed by atoms with E-state index in [1.165, 1.54) is 6.33 Å². The highest BCUT2D eigenvalue weighted by Crippen LogP contribution is 2.31. The first-order valence-electron chi connectivity index (χ1n) is 12.0. The van der Waals surface area contributed by atoms with Gasteiger partial charge < -0.3 is 19.7 Å². The fourth-order valence-corrected chi connectivity index (χ4v) is 4.88. The molecule has 3 aromatic carbocycles. The summed E-state index contributed by atoms with van der Waals surface area (Å²) in [4.78, 5) is 26.3. The number of aliphatic imine (C=N–C) groups is 1. The van der Waals surface area contributed by atoms with Crippen LogP contribution in [0, 0.1) is 0 Å². The normalized spacial score (nSPS) is 18.3. The molecule has 2 aliphatic heterocycles. The van der Waals surface area contributed by atoms with E-state index in [0.717, 1.165) is 34.1 Å². The minimum absolute atomic E-state index is 0.0191. The van der Waals surface area contributed by atoms with Gasteiger partial charge in [0.2, 0.25) is 6.41 Å². The number of rotatable bonds is 8. The van der Waals surface area contributed by atoms with E-state index in [9.17, 15) is 4.79 Å². The minimum atomic E-state index is -0.0504. The van der Waals surface area contributed by atoms with E-state index >= 15 is 0 Å². The molecule has 1 fully saturated rings. The number of nitrogens with one attached hydrogen (secondary N) is 1. The molecular weight excluding hydrogens is 490 g/mol. The average Bonchev–Trinajstić information content (AvgIpc) is 3.47. The smallest absolute Gasteiger partial charge is 0.209 e. The fourth-order valence-electron chi connectivity index (χ4n) is 4.64. The maximum absolute atomic E-state index is 11.0. The zero-order valence-corrected chi connectivity index (χ0v) is 20.6. The van der Waals surface area contributed by atoms with Crippen LogP contribution in [0.5, 0.6) is 5.75 Å². The maximum Gasteiger partial charge on any atom is 0.209 e. The standard InChI is InChI=1S/C28H24ClN5O3/c29-22-12-20(7-9-25(22)36-15-18-4-2-1-3-5-18)32-28-21-10-19(6-8-23(21)30-16-31-28)11-27-33-24-13-34(17-35)14-26(24)37-27/h1-10,12,16-17,24,26H,11,13-15H2,(H,30,31,32). The topological polar surface area (TPSA) is 88.9 Å². The Morgan fingerprint density at radius 2 is 1.95 bits per heavy atom. The number of anilines is 2. The quantitative estimate of drug-likeness (QED) is 0.341. The summed E-state index contributed by atoms with van der Waals surface area (Å²) < 4.78 is 11.9. The van der Waals surface area contributed by atoms with E-state index in [0.29, 0.717) is 48.6 Å². The third kappa shape index (κ3) is 5.06. The Morgan fingerprint density at radius 3 is 2.76 bits per heavy atom. The summed E-state index contributed by atoms with van der Waals surface area (Å²) in [5.74, 6) is 1.99. The number of aromatic nitrogens is 2. The monoisotopic (exact) mass is 513 g/mol. The number of benzene rings is 3. The van der Waals surface area contributed by atoms with Crippen LogP contribution in [0.3, 0.4) is 0 Å². The summed E-state index contributed by atoms with van der Waals surface area (Å²) >= 11 is 6.51. The van der Waals surface area contributed by atoms with Gasteiger partial charge in [-0.2, -0.15) is 0 Å². The van der Waals surface area contributed by atoms with Crippen LogP contribution >= 0.6 is 11.6 Å². The van der Waals surface area contributed by atoms with Gasteiger partial charge in [-0.05, 0) is 41.5 Å². The van der Waals surface area contributed by atoms with Crippen molar-refractivity contribution in [3.63, 3.8) is 0 Å². The van der Waals surface area contributed by atoms with Crippen molar-refractivity contribution >= 4 is 46.3 Å². The Bertz CT molecular complexity index is 1480. The molecule has 8 nitrogen and oxygen atoms in total. The number of carbonyl (C=O) groups excluding carboxylic acids is 1. The summed E-state index contributed by atoms with van der Waals surface area (Å²) in [5, 5.41) is 4.75. The first-order valence-corrected chi connectivity index (χ1v) is 12.4. The van der Waals surface area contributed by atoms with Crippen molar-refractivity contribution in [2.45, 2.75) is 25.2 Å². The molecule has 2 aliphatic rings. The highest BCUT2D eigenvalue weighted by atomic mass is 35.5. The van der Waals surface area contributed by atoms with Gasteiger partial charge in [0.25, 0.3) is 0 Å². The minimum Gasteiger partial charge on any atom is -0.487 e. The van der Waals surface area contributed by atoms with Gasteiger partial charge in [-0.1, -0.05) is 48.0 Å². The van der Waals surface area contributed by atoms with Crippen LogP contribution in [-0.4, -0.2) is 52.4 Å². The van der Waals surface area contributed by atoms with Crippen LogP contribution in [0.2, 0.25) is 5.02 Å². The van der Waals surface area contributed by atoms with Gasteiger partial charge in [-0.3, -0.25) is 4.79 Å². The number of nitrogens with zero attached hydrogens (tertiary/aromatic N) is 4.